The highest BCUT2D eigenvalue weighted by molar-refractivity contribution is 7.99. The predicted molar refractivity (Wildman–Crippen MR) is 77.9 cm³/mol. The van der Waals surface area contributed by atoms with Gasteiger partial charge in [-0.05, 0) is 25.8 Å². The van der Waals surface area contributed by atoms with Crippen molar-refractivity contribution in [3.8, 4) is 0 Å². The number of aromatic nitrogens is 2. The second kappa shape index (κ2) is 6.10. The topological polar surface area (TPSA) is 51.0 Å². The molecule has 0 unspecified atom stereocenters. The molecule has 0 aromatic carbocycles. The molecule has 0 amide bonds. The maximum Gasteiger partial charge on any atom is 0.133 e. The summed E-state index contributed by atoms with van der Waals surface area (Å²) in [5.41, 5.74) is 1.16. The Labute approximate surface area is 118 Å². The number of aryl methyl sites for hydroxylation is 1. The van der Waals surface area contributed by atoms with E-state index in [1.807, 2.05) is 13.0 Å². The van der Waals surface area contributed by atoms with Crippen molar-refractivity contribution in [3.63, 3.8) is 0 Å². The van der Waals surface area contributed by atoms with Crippen LogP contribution < -0.4 is 5.32 Å². The summed E-state index contributed by atoms with van der Waals surface area (Å²) in [4.78, 5) is 9.87. The Morgan fingerprint density at radius 2 is 2.16 bits per heavy atom. The molecule has 4 nitrogen and oxygen atoms in total. The van der Waals surface area contributed by atoms with E-state index in [0.717, 1.165) is 33.6 Å². The van der Waals surface area contributed by atoms with Crippen LogP contribution in [0.1, 0.15) is 38.0 Å². The van der Waals surface area contributed by atoms with Gasteiger partial charge in [-0.3, -0.25) is 0 Å². The molecule has 0 aliphatic carbocycles. The Kier molecular flexibility index (Phi) is 4.47. The molecule has 0 aliphatic rings. The normalized spacial score (nSPS) is 11.0. The largest absolute Gasteiger partial charge is 0.468 e. The van der Waals surface area contributed by atoms with Gasteiger partial charge in [-0.1, -0.05) is 25.6 Å². The molecule has 0 radical (unpaired) electrons. The van der Waals surface area contributed by atoms with E-state index in [9.17, 15) is 0 Å². The second-order valence-electron chi connectivity index (χ2n) is 4.57. The fourth-order valence-electron chi connectivity index (χ4n) is 1.87. The lowest BCUT2D eigenvalue weighted by Gasteiger charge is -2.15. The Morgan fingerprint density at radius 3 is 2.74 bits per heavy atom. The maximum absolute atomic E-state index is 5.33. The molecule has 0 saturated carbocycles. The number of furan rings is 1. The summed E-state index contributed by atoms with van der Waals surface area (Å²) in [5, 5.41) is 4.30. The van der Waals surface area contributed by atoms with Gasteiger partial charge >= 0.3 is 0 Å². The fraction of sp³-hybridized carbons (Fsp3) is 0.429. The van der Waals surface area contributed by atoms with Crippen LogP contribution in [0.2, 0.25) is 0 Å². The summed E-state index contributed by atoms with van der Waals surface area (Å²) >= 11 is 1.63. The highest BCUT2D eigenvalue weighted by atomic mass is 32.2. The van der Waals surface area contributed by atoms with Crippen molar-refractivity contribution in [1.29, 1.82) is 0 Å². The number of anilines is 1. The molecule has 5 heteroatoms. The minimum Gasteiger partial charge on any atom is -0.468 e. The van der Waals surface area contributed by atoms with E-state index >= 15 is 0 Å². The summed E-state index contributed by atoms with van der Waals surface area (Å²) in [5.74, 6) is 2.21. The number of hydrogen-bond acceptors (Lipinski definition) is 5. The van der Waals surface area contributed by atoms with E-state index in [1.54, 1.807) is 24.4 Å². The second-order valence-corrected chi connectivity index (χ2v) is 5.60. The van der Waals surface area contributed by atoms with Crippen molar-refractivity contribution < 1.29 is 4.42 Å². The number of hydrogen-bond donors (Lipinski definition) is 1. The monoisotopic (exact) mass is 277 g/mol. The van der Waals surface area contributed by atoms with Gasteiger partial charge in [-0.15, -0.1) is 0 Å². The number of nitrogens with zero attached hydrogens (tertiary/aromatic N) is 2. The van der Waals surface area contributed by atoms with E-state index in [1.165, 1.54) is 0 Å². The quantitative estimate of drug-likeness (QED) is 0.834. The zero-order valence-electron chi connectivity index (χ0n) is 11.7. The highest BCUT2D eigenvalue weighted by Gasteiger charge is 2.16. The first-order valence-corrected chi connectivity index (χ1v) is 7.25. The molecule has 2 rings (SSSR count). The molecular weight excluding hydrogens is 258 g/mol. The Balaban J connectivity index is 2.39. The zero-order valence-corrected chi connectivity index (χ0v) is 12.5. The fourth-order valence-corrected chi connectivity index (χ4v) is 2.94. The molecule has 0 saturated heterocycles. The van der Waals surface area contributed by atoms with Crippen molar-refractivity contribution in [2.24, 2.45) is 0 Å². The van der Waals surface area contributed by atoms with Crippen LogP contribution in [0.25, 0.3) is 0 Å². The molecule has 1 N–H and O–H groups in total. The molecule has 2 aromatic heterocycles. The Morgan fingerprint density at radius 1 is 1.37 bits per heavy atom. The van der Waals surface area contributed by atoms with Gasteiger partial charge in [-0.25, -0.2) is 9.97 Å². The lowest BCUT2D eigenvalue weighted by molar-refractivity contribution is 0.527. The first kappa shape index (κ1) is 13.9. The molecule has 0 aliphatic heterocycles. The molecule has 0 atom stereocenters. The maximum atomic E-state index is 5.33. The van der Waals surface area contributed by atoms with Gasteiger partial charge in [-0.2, -0.15) is 0 Å². The lowest BCUT2D eigenvalue weighted by atomic mass is 10.1. The Hall–Kier alpha value is -1.49. The molecule has 19 heavy (non-hydrogen) atoms. The molecule has 0 fully saturated rings. The van der Waals surface area contributed by atoms with E-state index in [4.69, 9.17) is 4.42 Å². The van der Waals surface area contributed by atoms with Crippen molar-refractivity contribution in [1.82, 2.24) is 9.97 Å². The van der Waals surface area contributed by atoms with Gasteiger partial charge < -0.3 is 9.73 Å². The van der Waals surface area contributed by atoms with Gasteiger partial charge in [0.05, 0.1) is 11.2 Å². The average Bonchev–Trinajstić information content (AvgIpc) is 2.75. The summed E-state index contributed by atoms with van der Waals surface area (Å²) in [6, 6.07) is 1.97. The first-order valence-electron chi connectivity index (χ1n) is 6.44. The molecule has 0 bridgehead atoms. The number of rotatable bonds is 5. The van der Waals surface area contributed by atoms with Crippen molar-refractivity contribution in [2.75, 3.05) is 11.9 Å². The van der Waals surface area contributed by atoms with Gasteiger partial charge in [0.15, 0.2) is 0 Å². The van der Waals surface area contributed by atoms with Crippen LogP contribution in [-0.4, -0.2) is 16.5 Å². The van der Waals surface area contributed by atoms with E-state index in [2.05, 4.69) is 36.1 Å². The highest BCUT2D eigenvalue weighted by Crippen LogP contribution is 2.36. The third kappa shape index (κ3) is 3.10. The van der Waals surface area contributed by atoms with E-state index in [-0.39, 0.29) is 0 Å². The molecule has 0 spiro atoms. The summed E-state index contributed by atoms with van der Waals surface area (Å²) in [6.45, 7) is 9.20. The third-order valence-electron chi connectivity index (χ3n) is 2.79. The minimum absolute atomic E-state index is 0.366. The lowest BCUT2D eigenvalue weighted by Crippen LogP contribution is -2.07. The smallest absolute Gasteiger partial charge is 0.133 e. The summed E-state index contributed by atoms with van der Waals surface area (Å²) < 4.78 is 5.33. The van der Waals surface area contributed by atoms with Crippen LogP contribution in [0, 0.1) is 6.92 Å². The van der Waals surface area contributed by atoms with Crippen LogP contribution in [0.4, 0.5) is 5.82 Å². The summed E-state index contributed by atoms with van der Waals surface area (Å²) in [6.07, 6.45) is 3.32. The molecule has 2 heterocycles. The minimum atomic E-state index is 0.366. The van der Waals surface area contributed by atoms with Gasteiger partial charge in [0.2, 0.25) is 0 Å². The van der Waals surface area contributed by atoms with Gasteiger partial charge in [0, 0.05) is 12.1 Å². The molecular formula is C14H19N3OS. The van der Waals surface area contributed by atoms with Crippen molar-refractivity contribution in [2.45, 2.75) is 43.5 Å². The third-order valence-corrected chi connectivity index (χ3v) is 3.95. The van der Waals surface area contributed by atoms with Gasteiger partial charge in [0.25, 0.3) is 0 Å². The standard InChI is InChI=1S/C14H19N3OS/c1-5-15-13-12(9(2)3)14(17-8-16-13)19-11-6-7-18-10(11)4/h6-9H,5H2,1-4H3,(H,15,16,17). The van der Waals surface area contributed by atoms with Crippen LogP contribution in [0.3, 0.4) is 0 Å². The Bertz CT molecular complexity index is 551. The number of nitrogens with one attached hydrogen (secondary N) is 1. The van der Waals surface area contributed by atoms with Crippen LogP contribution in [0.5, 0.6) is 0 Å². The van der Waals surface area contributed by atoms with Crippen LogP contribution in [0.15, 0.2) is 33.0 Å². The zero-order chi connectivity index (χ0) is 13.8. The first-order chi connectivity index (χ1) is 9.13. The SMILES string of the molecule is CCNc1ncnc(Sc2ccoc2C)c1C(C)C. The predicted octanol–water partition coefficient (Wildman–Crippen LogP) is 4.08. The summed E-state index contributed by atoms with van der Waals surface area (Å²) in [7, 11) is 0. The van der Waals surface area contributed by atoms with Crippen LogP contribution >= 0.6 is 11.8 Å². The molecule has 2 aromatic rings. The average molecular weight is 277 g/mol. The van der Waals surface area contributed by atoms with E-state index < -0.39 is 0 Å². The van der Waals surface area contributed by atoms with Gasteiger partial charge in [0.1, 0.15) is 22.9 Å². The van der Waals surface area contributed by atoms with E-state index in [0.29, 0.717) is 5.92 Å². The van der Waals surface area contributed by atoms with Crippen molar-refractivity contribution >= 4 is 17.6 Å². The molecule has 102 valence electrons. The van der Waals surface area contributed by atoms with Crippen molar-refractivity contribution in [3.05, 3.63) is 30.0 Å². The van der Waals surface area contributed by atoms with Crippen LogP contribution in [-0.2, 0) is 0 Å².